The molecule has 0 bridgehead atoms. The summed E-state index contributed by atoms with van der Waals surface area (Å²) in [6, 6.07) is 10.4. The van der Waals surface area contributed by atoms with Crippen LogP contribution in [0.5, 0.6) is 11.5 Å². The molecule has 0 aliphatic heterocycles. The van der Waals surface area contributed by atoms with Gasteiger partial charge in [0, 0.05) is 29.8 Å². The first kappa shape index (κ1) is 21.7. The zero-order valence-corrected chi connectivity index (χ0v) is 17.5. The number of benzene rings is 2. The molecule has 0 atom stereocenters. The van der Waals surface area contributed by atoms with Gasteiger partial charge in [-0.15, -0.1) is 0 Å². The molecular weight excluding hydrogens is 413 g/mol. The van der Waals surface area contributed by atoms with E-state index in [1.165, 1.54) is 6.07 Å². The maximum Gasteiger partial charge on any atom is 0.162 e. The summed E-state index contributed by atoms with van der Waals surface area (Å²) in [5.41, 5.74) is 1.59. The fourth-order valence-electron chi connectivity index (χ4n) is 2.53. The van der Waals surface area contributed by atoms with Gasteiger partial charge in [0.25, 0.3) is 0 Å². The minimum Gasteiger partial charge on any atom is -0.490 e. The third-order valence-electron chi connectivity index (χ3n) is 3.92. The average molecular weight is 440 g/mol. The second-order valence-corrected chi connectivity index (χ2v) is 6.79. The van der Waals surface area contributed by atoms with Crippen molar-refractivity contribution in [2.75, 3.05) is 26.4 Å². The third-order valence-corrected chi connectivity index (χ3v) is 4.65. The van der Waals surface area contributed by atoms with Crippen LogP contribution in [0.3, 0.4) is 0 Å². The molecule has 0 aromatic heterocycles. The average Bonchev–Trinajstić information content (AvgIpc) is 2.66. The van der Waals surface area contributed by atoms with Gasteiger partial charge < -0.3 is 19.5 Å². The van der Waals surface area contributed by atoms with E-state index in [0.29, 0.717) is 30.2 Å². The predicted molar refractivity (Wildman–Crippen MR) is 109 cm³/mol. The Balaban J connectivity index is 2.00. The van der Waals surface area contributed by atoms with E-state index in [1.807, 2.05) is 26.0 Å². The summed E-state index contributed by atoms with van der Waals surface area (Å²) in [5, 5.41) is 3.40. The number of hydrogen-bond acceptors (Lipinski definition) is 4. The monoisotopic (exact) mass is 439 g/mol. The van der Waals surface area contributed by atoms with Crippen LogP contribution < -0.4 is 14.8 Å². The van der Waals surface area contributed by atoms with Gasteiger partial charge >= 0.3 is 0 Å². The van der Waals surface area contributed by atoms with Gasteiger partial charge in [-0.3, -0.25) is 0 Å². The van der Waals surface area contributed by atoms with Crippen molar-refractivity contribution in [3.8, 4) is 11.5 Å². The predicted octanol–water partition coefficient (Wildman–Crippen LogP) is 5.08. The molecule has 0 radical (unpaired) electrons. The highest BCUT2D eigenvalue weighted by molar-refractivity contribution is 9.10. The van der Waals surface area contributed by atoms with Crippen LogP contribution in [-0.4, -0.2) is 26.4 Å². The van der Waals surface area contributed by atoms with Crippen LogP contribution in [0, 0.1) is 5.82 Å². The summed E-state index contributed by atoms with van der Waals surface area (Å²) in [4.78, 5) is 0. The molecule has 2 aromatic carbocycles. The Morgan fingerprint density at radius 3 is 2.52 bits per heavy atom. The van der Waals surface area contributed by atoms with Gasteiger partial charge in [-0.1, -0.05) is 34.1 Å². The Morgan fingerprint density at radius 2 is 1.78 bits per heavy atom. The van der Waals surface area contributed by atoms with Gasteiger partial charge in [0.2, 0.25) is 0 Å². The molecule has 0 amide bonds. The maximum absolute atomic E-state index is 13.8. The Labute approximate surface area is 169 Å². The highest BCUT2D eigenvalue weighted by Gasteiger charge is 2.12. The number of halogens is 2. The number of nitrogens with one attached hydrogen (secondary N) is 1. The summed E-state index contributed by atoms with van der Waals surface area (Å²) < 4.78 is 31.6. The van der Waals surface area contributed by atoms with Crippen molar-refractivity contribution in [2.45, 2.75) is 33.4 Å². The zero-order valence-electron chi connectivity index (χ0n) is 15.9. The largest absolute Gasteiger partial charge is 0.490 e. The molecule has 4 nitrogen and oxygen atoms in total. The molecule has 1 N–H and O–H groups in total. The van der Waals surface area contributed by atoms with Crippen LogP contribution in [0.1, 0.15) is 31.4 Å². The van der Waals surface area contributed by atoms with E-state index in [4.69, 9.17) is 14.2 Å². The van der Waals surface area contributed by atoms with E-state index >= 15 is 0 Å². The highest BCUT2D eigenvalue weighted by atomic mass is 79.9. The molecule has 0 spiro atoms. The van der Waals surface area contributed by atoms with Gasteiger partial charge in [-0.2, -0.15) is 0 Å². The molecule has 0 heterocycles. The quantitative estimate of drug-likeness (QED) is 0.468. The lowest BCUT2D eigenvalue weighted by molar-refractivity contribution is 0.144. The van der Waals surface area contributed by atoms with Gasteiger partial charge in [0.05, 0.1) is 6.61 Å². The standard InChI is InChI=1S/C21H27BrFNO3/c1-3-25-11-7-10-24-14-17-12-20(26-4-2)21(13-18(17)22)27-15-16-8-5-6-9-19(16)23/h5-6,8-9,12-13,24H,3-4,7,10-11,14-15H2,1-2H3. The van der Waals surface area contributed by atoms with Crippen molar-refractivity contribution < 1.29 is 18.6 Å². The topological polar surface area (TPSA) is 39.7 Å². The normalized spacial score (nSPS) is 10.8. The van der Waals surface area contributed by atoms with Crippen molar-refractivity contribution in [2.24, 2.45) is 0 Å². The Hall–Kier alpha value is -1.63. The van der Waals surface area contributed by atoms with Crippen LogP contribution in [-0.2, 0) is 17.9 Å². The van der Waals surface area contributed by atoms with Crippen molar-refractivity contribution in [1.82, 2.24) is 5.32 Å². The van der Waals surface area contributed by atoms with Crippen molar-refractivity contribution in [3.63, 3.8) is 0 Å². The fraction of sp³-hybridized carbons (Fsp3) is 0.429. The molecular formula is C21H27BrFNO3. The number of hydrogen-bond donors (Lipinski definition) is 1. The molecule has 0 fully saturated rings. The van der Waals surface area contributed by atoms with E-state index in [9.17, 15) is 4.39 Å². The van der Waals surface area contributed by atoms with Crippen LogP contribution in [0.4, 0.5) is 4.39 Å². The summed E-state index contributed by atoms with van der Waals surface area (Å²) in [5.74, 6) is 0.970. The van der Waals surface area contributed by atoms with Crippen LogP contribution >= 0.6 is 15.9 Å². The smallest absolute Gasteiger partial charge is 0.162 e. The molecule has 2 aromatic rings. The van der Waals surface area contributed by atoms with Crippen molar-refractivity contribution >= 4 is 15.9 Å². The first-order valence-corrected chi connectivity index (χ1v) is 10.0. The molecule has 27 heavy (non-hydrogen) atoms. The molecule has 6 heteroatoms. The summed E-state index contributed by atoms with van der Waals surface area (Å²) >= 11 is 3.59. The van der Waals surface area contributed by atoms with Gasteiger partial charge in [-0.25, -0.2) is 4.39 Å². The zero-order chi connectivity index (χ0) is 19.5. The highest BCUT2D eigenvalue weighted by Crippen LogP contribution is 2.34. The molecule has 0 aliphatic rings. The first-order chi connectivity index (χ1) is 13.2. The lowest BCUT2D eigenvalue weighted by atomic mass is 10.2. The number of ether oxygens (including phenoxy) is 3. The summed E-state index contributed by atoms with van der Waals surface area (Å²) in [6.07, 6.45) is 0.966. The Kier molecular flexibility index (Phi) is 9.59. The fourth-order valence-corrected chi connectivity index (χ4v) is 2.99. The van der Waals surface area contributed by atoms with E-state index < -0.39 is 0 Å². The van der Waals surface area contributed by atoms with Crippen LogP contribution in [0.25, 0.3) is 0 Å². The lowest BCUT2D eigenvalue weighted by Gasteiger charge is -2.16. The first-order valence-electron chi connectivity index (χ1n) is 9.25. The Bertz CT molecular complexity index is 712. The van der Waals surface area contributed by atoms with E-state index in [2.05, 4.69) is 21.2 Å². The van der Waals surface area contributed by atoms with Crippen LogP contribution in [0.15, 0.2) is 40.9 Å². The lowest BCUT2D eigenvalue weighted by Crippen LogP contribution is -2.17. The molecule has 0 saturated carbocycles. The molecule has 0 unspecified atom stereocenters. The SMILES string of the molecule is CCOCCCNCc1cc(OCC)c(OCc2ccccc2F)cc1Br. The van der Waals surface area contributed by atoms with Crippen molar-refractivity contribution in [3.05, 3.63) is 57.8 Å². The van der Waals surface area contributed by atoms with Crippen molar-refractivity contribution in [1.29, 1.82) is 0 Å². The minimum atomic E-state index is -0.276. The molecule has 148 valence electrons. The van der Waals surface area contributed by atoms with Gasteiger partial charge in [-0.05, 0) is 50.6 Å². The summed E-state index contributed by atoms with van der Waals surface area (Å²) in [7, 11) is 0. The molecule has 2 rings (SSSR count). The number of rotatable bonds is 12. The van der Waals surface area contributed by atoms with E-state index in [-0.39, 0.29) is 12.4 Å². The maximum atomic E-state index is 13.8. The second kappa shape index (κ2) is 12.0. The van der Waals surface area contributed by atoms with Gasteiger partial charge in [0.15, 0.2) is 11.5 Å². The Morgan fingerprint density at radius 1 is 1.00 bits per heavy atom. The molecule has 0 saturated heterocycles. The molecule has 0 aliphatic carbocycles. The van der Waals surface area contributed by atoms with E-state index in [1.54, 1.807) is 18.2 Å². The summed E-state index contributed by atoms with van der Waals surface area (Å²) in [6.45, 7) is 7.69. The van der Waals surface area contributed by atoms with E-state index in [0.717, 1.165) is 36.2 Å². The van der Waals surface area contributed by atoms with Crippen LogP contribution in [0.2, 0.25) is 0 Å². The minimum absolute atomic E-state index is 0.147. The van der Waals surface area contributed by atoms with Gasteiger partial charge in [0.1, 0.15) is 12.4 Å². The second-order valence-electron chi connectivity index (χ2n) is 5.93. The third kappa shape index (κ3) is 7.13.